The van der Waals surface area contributed by atoms with E-state index in [1.54, 1.807) is 0 Å². The van der Waals surface area contributed by atoms with Gasteiger partial charge in [0.15, 0.2) is 0 Å². The molecule has 0 unspecified atom stereocenters. The van der Waals surface area contributed by atoms with Crippen molar-refractivity contribution in [3.8, 4) is 0 Å². The highest BCUT2D eigenvalue weighted by molar-refractivity contribution is 5.72. The zero-order chi connectivity index (χ0) is 11.7. The molecule has 0 radical (unpaired) electrons. The number of carbonyl (C=O) groups excluding carboxylic acids is 1. The molecule has 1 aromatic heterocycles. The molecule has 2 N–H and O–H groups in total. The molecule has 2 heterocycles. The van der Waals surface area contributed by atoms with Crippen LogP contribution in [0.5, 0.6) is 0 Å². The highest BCUT2D eigenvalue weighted by Gasteiger charge is 2.23. The fourth-order valence-corrected chi connectivity index (χ4v) is 1.76. The van der Waals surface area contributed by atoms with Crippen molar-refractivity contribution in [1.82, 2.24) is 20.2 Å². The summed E-state index contributed by atoms with van der Waals surface area (Å²) >= 11 is 0. The number of nitrogens with one attached hydrogen (secondary N) is 2. The molecule has 0 saturated heterocycles. The predicted octanol–water partition coefficient (Wildman–Crippen LogP) is -1.45. The molecule has 1 amide bonds. The van der Waals surface area contributed by atoms with E-state index in [1.165, 1.54) is 28.4 Å². The molecule has 0 aliphatic carbocycles. The second-order valence-corrected chi connectivity index (χ2v) is 3.61. The molecule has 0 fully saturated rings. The van der Waals surface area contributed by atoms with Crippen LogP contribution in [0, 0.1) is 0 Å². The summed E-state index contributed by atoms with van der Waals surface area (Å²) in [5.74, 6) is -0.246. The summed E-state index contributed by atoms with van der Waals surface area (Å²) in [7, 11) is 0. The lowest BCUT2D eigenvalue weighted by Crippen LogP contribution is -2.44. The van der Waals surface area contributed by atoms with Crippen LogP contribution < -0.4 is 22.0 Å². The summed E-state index contributed by atoms with van der Waals surface area (Å²) in [4.78, 5) is 33.7. The molecular formula is C9H12N4O3. The van der Waals surface area contributed by atoms with E-state index < -0.39 is 0 Å². The minimum absolute atomic E-state index is 0.216. The molecular weight excluding hydrogens is 212 g/mol. The summed E-state index contributed by atoms with van der Waals surface area (Å²) in [6.45, 7) is 1.83. The molecule has 7 heteroatoms. The van der Waals surface area contributed by atoms with E-state index in [4.69, 9.17) is 0 Å². The van der Waals surface area contributed by atoms with Crippen molar-refractivity contribution in [2.45, 2.75) is 26.1 Å². The van der Waals surface area contributed by atoms with E-state index in [9.17, 15) is 14.4 Å². The quantitative estimate of drug-likeness (QED) is 0.602. The minimum atomic E-state index is -0.370. The maximum atomic E-state index is 11.6. The molecule has 16 heavy (non-hydrogen) atoms. The Hall–Kier alpha value is -1.89. The number of hydrogen-bond donors (Lipinski definition) is 2. The van der Waals surface area contributed by atoms with Crippen molar-refractivity contribution < 1.29 is 4.79 Å². The van der Waals surface area contributed by atoms with Gasteiger partial charge in [-0.2, -0.15) is 0 Å². The van der Waals surface area contributed by atoms with Crippen molar-refractivity contribution in [3.63, 3.8) is 0 Å². The van der Waals surface area contributed by atoms with Gasteiger partial charge in [-0.25, -0.2) is 14.8 Å². The van der Waals surface area contributed by atoms with Crippen LogP contribution in [-0.2, 0) is 11.3 Å². The number of aromatic nitrogens is 2. The first kappa shape index (κ1) is 10.6. The lowest BCUT2D eigenvalue weighted by Gasteiger charge is -2.15. The van der Waals surface area contributed by atoms with Crippen molar-refractivity contribution in [2.24, 2.45) is 0 Å². The smallest absolute Gasteiger partial charge is 0.266 e. The van der Waals surface area contributed by atoms with E-state index in [-0.39, 0.29) is 23.2 Å². The Labute approximate surface area is 90.6 Å². The van der Waals surface area contributed by atoms with Gasteiger partial charge in [-0.3, -0.25) is 19.8 Å². The summed E-state index contributed by atoms with van der Waals surface area (Å²) < 4.78 is 2.68. The van der Waals surface area contributed by atoms with E-state index in [0.29, 0.717) is 13.0 Å². The van der Waals surface area contributed by atoms with Gasteiger partial charge in [-0.1, -0.05) is 0 Å². The van der Waals surface area contributed by atoms with E-state index >= 15 is 0 Å². The van der Waals surface area contributed by atoms with Gasteiger partial charge in [0.2, 0.25) is 5.91 Å². The molecule has 1 aliphatic rings. The monoisotopic (exact) mass is 224 g/mol. The van der Waals surface area contributed by atoms with Gasteiger partial charge in [0.25, 0.3) is 11.1 Å². The number of nitrogens with zero attached hydrogens (tertiary/aromatic N) is 2. The SMILES string of the molecule is CC(=O)NN[C@H]1CCn2c(=O)ccc(=O)n21. The number of rotatable bonds is 2. The Morgan fingerprint density at radius 3 is 2.75 bits per heavy atom. The number of carbonyl (C=O) groups is 1. The van der Waals surface area contributed by atoms with Gasteiger partial charge in [-0.05, 0) is 0 Å². The van der Waals surface area contributed by atoms with Crippen LogP contribution in [0.25, 0.3) is 0 Å². The molecule has 0 spiro atoms. The van der Waals surface area contributed by atoms with Crippen LogP contribution >= 0.6 is 0 Å². The Morgan fingerprint density at radius 1 is 1.38 bits per heavy atom. The minimum Gasteiger partial charge on any atom is -0.290 e. The molecule has 1 atom stereocenters. The van der Waals surface area contributed by atoms with E-state index in [0.717, 1.165) is 0 Å². The van der Waals surface area contributed by atoms with Gasteiger partial charge in [0.1, 0.15) is 6.17 Å². The zero-order valence-corrected chi connectivity index (χ0v) is 8.77. The number of amides is 1. The first-order chi connectivity index (χ1) is 7.59. The molecule has 7 nitrogen and oxygen atoms in total. The van der Waals surface area contributed by atoms with Crippen LogP contribution in [0.3, 0.4) is 0 Å². The van der Waals surface area contributed by atoms with Crippen molar-refractivity contribution in [1.29, 1.82) is 0 Å². The Kier molecular flexibility index (Phi) is 2.61. The summed E-state index contributed by atoms with van der Waals surface area (Å²) in [5.41, 5.74) is 4.64. The molecule has 0 bridgehead atoms. The van der Waals surface area contributed by atoms with E-state index in [1.807, 2.05) is 0 Å². The average molecular weight is 224 g/mol. The first-order valence-corrected chi connectivity index (χ1v) is 4.94. The summed E-state index contributed by atoms with van der Waals surface area (Å²) in [5, 5.41) is 0. The van der Waals surface area contributed by atoms with Crippen molar-refractivity contribution >= 4 is 5.91 Å². The van der Waals surface area contributed by atoms with Gasteiger partial charge in [-0.15, -0.1) is 0 Å². The maximum Gasteiger partial charge on any atom is 0.266 e. The topological polar surface area (TPSA) is 85.1 Å². The van der Waals surface area contributed by atoms with Crippen LogP contribution in [0.4, 0.5) is 0 Å². The third-order valence-electron chi connectivity index (χ3n) is 2.43. The van der Waals surface area contributed by atoms with Gasteiger partial charge >= 0.3 is 0 Å². The van der Waals surface area contributed by atoms with Gasteiger partial charge in [0, 0.05) is 32.0 Å². The highest BCUT2D eigenvalue weighted by atomic mass is 16.2. The summed E-state index contributed by atoms with van der Waals surface area (Å²) in [6.07, 6.45) is 0.213. The standard InChI is InChI=1S/C9H12N4O3/c1-6(14)10-11-7-4-5-12-8(15)2-3-9(16)13(7)12/h2-3,7,11H,4-5H2,1H3,(H,10,14)/t7-/m1/s1. The average Bonchev–Trinajstić information content (AvgIpc) is 2.65. The molecule has 0 saturated carbocycles. The number of fused-ring (bicyclic) bond motifs is 1. The van der Waals surface area contributed by atoms with Gasteiger partial charge in [0.05, 0.1) is 0 Å². The molecule has 0 aromatic carbocycles. The fraction of sp³-hybridized carbons (Fsp3) is 0.444. The molecule has 86 valence electrons. The maximum absolute atomic E-state index is 11.6. The second kappa shape index (κ2) is 3.93. The molecule has 1 aromatic rings. The normalized spacial score (nSPS) is 18.2. The lowest BCUT2D eigenvalue weighted by molar-refractivity contribution is -0.120. The van der Waals surface area contributed by atoms with Crippen LogP contribution in [0.15, 0.2) is 21.7 Å². The van der Waals surface area contributed by atoms with Crippen molar-refractivity contribution in [3.05, 3.63) is 32.8 Å². The first-order valence-electron chi connectivity index (χ1n) is 4.94. The second-order valence-electron chi connectivity index (χ2n) is 3.61. The van der Waals surface area contributed by atoms with Crippen LogP contribution in [0.1, 0.15) is 19.5 Å². The fourth-order valence-electron chi connectivity index (χ4n) is 1.76. The Balaban J connectivity index is 2.32. The number of hydrogen-bond acceptors (Lipinski definition) is 4. The largest absolute Gasteiger partial charge is 0.290 e. The highest BCUT2D eigenvalue weighted by Crippen LogP contribution is 2.11. The Bertz CT molecular complexity index is 530. The zero-order valence-electron chi connectivity index (χ0n) is 8.77. The van der Waals surface area contributed by atoms with Crippen LogP contribution in [-0.4, -0.2) is 15.3 Å². The molecule has 2 rings (SSSR count). The Morgan fingerprint density at radius 2 is 2.06 bits per heavy atom. The molecule has 1 aliphatic heterocycles. The predicted molar refractivity (Wildman–Crippen MR) is 55.6 cm³/mol. The third-order valence-corrected chi connectivity index (χ3v) is 2.43. The van der Waals surface area contributed by atoms with Gasteiger partial charge < -0.3 is 0 Å². The summed E-state index contributed by atoms with van der Waals surface area (Å²) in [6, 6.07) is 2.48. The lowest BCUT2D eigenvalue weighted by atomic mass is 10.4. The van der Waals surface area contributed by atoms with Crippen LogP contribution in [0.2, 0.25) is 0 Å². The van der Waals surface area contributed by atoms with E-state index in [2.05, 4.69) is 10.9 Å². The third kappa shape index (κ3) is 1.76. The number of hydrazine groups is 1. The van der Waals surface area contributed by atoms with Crippen molar-refractivity contribution in [2.75, 3.05) is 0 Å².